The summed E-state index contributed by atoms with van der Waals surface area (Å²) in [6, 6.07) is 9.03. The van der Waals surface area contributed by atoms with E-state index in [-0.39, 0.29) is 17.5 Å². The standard InChI is InChI=1S/C23H26N6O2/c1-15-12-17(3)29(27-15)19-9-7-18(8-10-19)26-22(30)21-6-4-5-11-28(21)23(31)20-14-24-16(2)13-25-20/h7-10,12-14,21H,4-6,11H2,1-3H3,(H,26,30)/t21-/m0/s1. The number of piperidine rings is 1. The van der Waals surface area contributed by atoms with Crippen LogP contribution < -0.4 is 5.32 Å². The van der Waals surface area contributed by atoms with Crippen molar-refractivity contribution in [3.05, 3.63) is 65.5 Å². The van der Waals surface area contributed by atoms with Crippen LogP contribution in [0.2, 0.25) is 0 Å². The number of carbonyl (C=O) groups excluding carboxylic acids is 2. The van der Waals surface area contributed by atoms with Gasteiger partial charge in [-0.1, -0.05) is 0 Å². The molecule has 0 aliphatic carbocycles. The van der Waals surface area contributed by atoms with E-state index in [0.29, 0.717) is 18.7 Å². The molecule has 1 N–H and O–H groups in total. The van der Waals surface area contributed by atoms with E-state index >= 15 is 0 Å². The zero-order chi connectivity index (χ0) is 22.0. The number of hydrogen-bond donors (Lipinski definition) is 1. The summed E-state index contributed by atoms with van der Waals surface area (Å²) >= 11 is 0. The van der Waals surface area contributed by atoms with E-state index in [2.05, 4.69) is 20.4 Å². The molecule has 1 fully saturated rings. The van der Waals surface area contributed by atoms with Crippen molar-refractivity contribution in [3.8, 4) is 5.69 Å². The van der Waals surface area contributed by atoms with Crippen molar-refractivity contribution in [2.75, 3.05) is 11.9 Å². The first-order valence-electron chi connectivity index (χ1n) is 10.5. The van der Waals surface area contributed by atoms with E-state index in [1.807, 2.05) is 55.8 Å². The molecule has 8 heteroatoms. The Kier molecular flexibility index (Phi) is 5.79. The van der Waals surface area contributed by atoms with Crippen LogP contribution in [-0.4, -0.2) is 49.0 Å². The van der Waals surface area contributed by atoms with Gasteiger partial charge in [-0.25, -0.2) is 9.67 Å². The molecule has 1 saturated heterocycles. The minimum atomic E-state index is -0.528. The van der Waals surface area contributed by atoms with Crippen molar-refractivity contribution < 1.29 is 9.59 Å². The molecule has 1 aromatic carbocycles. The van der Waals surface area contributed by atoms with Crippen LogP contribution in [0.4, 0.5) is 5.69 Å². The number of carbonyl (C=O) groups is 2. The lowest BCUT2D eigenvalue weighted by molar-refractivity contribution is -0.121. The maximum absolute atomic E-state index is 13.0. The van der Waals surface area contributed by atoms with Gasteiger partial charge >= 0.3 is 0 Å². The van der Waals surface area contributed by atoms with Gasteiger partial charge < -0.3 is 10.2 Å². The van der Waals surface area contributed by atoms with E-state index in [4.69, 9.17) is 0 Å². The summed E-state index contributed by atoms with van der Waals surface area (Å²) in [5, 5.41) is 7.44. The van der Waals surface area contributed by atoms with Crippen LogP contribution in [0.5, 0.6) is 0 Å². The van der Waals surface area contributed by atoms with E-state index in [1.54, 1.807) is 11.1 Å². The Morgan fingerprint density at radius 1 is 1.00 bits per heavy atom. The highest BCUT2D eigenvalue weighted by Crippen LogP contribution is 2.22. The Hall–Kier alpha value is -3.55. The zero-order valence-electron chi connectivity index (χ0n) is 18.0. The minimum Gasteiger partial charge on any atom is -0.325 e. The van der Waals surface area contributed by atoms with Gasteiger partial charge in [0.25, 0.3) is 5.91 Å². The molecule has 4 rings (SSSR count). The van der Waals surface area contributed by atoms with Crippen LogP contribution in [0.15, 0.2) is 42.7 Å². The second kappa shape index (κ2) is 8.67. The lowest BCUT2D eigenvalue weighted by Gasteiger charge is -2.34. The average molecular weight is 419 g/mol. The molecule has 0 bridgehead atoms. The lowest BCUT2D eigenvalue weighted by Crippen LogP contribution is -2.50. The Balaban J connectivity index is 1.48. The van der Waals surface area contributed by atoms with Crippen LogP contribution >= 0.6 is 0 Å². The maximum Gasteiger partial charge on any atom is 0.274 e. The SMILES string of the molecule is Cc1cnc(C(=O)N2CCCC[C@H]2C(=O)Nc2ccc(-n3nc(C)cc3C)cc2)cn1. The van der Waals surface area contributed by atoms with E-state index < -0.39 is 6.04 Å². The van der Waals surface area contributed by atoms with Crippen LogP contribution in [0, 0.1) is 20.8 Å². The summed E-state index contributed by atoms with van der Waals surface area (Å²) in [5.41, 5.74) is 4.62. The van der Waals surface area contributed by atoms with Gasteiger partial charge in [-0.15, -0.1) is 0 Å². The third-order valence-electron chi connectivity index (χ3n) is 5.46. The Morgan fingerprint density at radius 3 is 2.42 bits per heavy atom. The zero-order valence-corrected chi connectivity index (χ0v) is 18.0. The summed E-state index contributed by atoms with van der Waals surface area (Å²) < 4.78 is 1.87. The van der Waals surface area contributed by atoms with Gasteiger partial charge in [0.15, 0.2) is 0 Å². The number of nitrogens with one attached hydrogen (secondary N) is 1. The summed E-state index contributed by atoms with van der Waals surface area (Å²) in [6.07, 6.45) is 5.43. The monoisotopic (exact) mass is 418 g/mol. The molecule has 1 aliphatic rings. The van der Waals surface area contributed by atoms with Crippen molar-refractivity contribution in [3.63, 3.8) is 0 Å². The van der Waals surface area contributed by atoms with Crippen molar-refractivity contribution in [1.82, 2.24) is 24.6 Å². The largest absolute Gasteiger partial charge is 0.325 e. The topological polar surface area (TPSA) is 93.0 Å². The summed E-state index contributed by atoms with van der Waals surface area (Å²) in [7, 11) is 0. The van der Waals surface area contributed by atoms with Gasteiger partial charge in [0.1, 0.15) is 11.7 Å². The van der Waals surface area contributed by atoms with Gasteiger partial charge in [-0.05, 0) is 70.4 Å². The number of aromatic nitrogens is 4. The molecule has 2 aromatic heterocycles. The van der Waals surface area contributed by atoms with Gasteiger partial charge in [0.05, 0.1) is 23.3 Å². The Morgan fingerprint density at radius 2 is 1.77 bits per heavy atom. The molecule has 31 heavy (non-hydrogen) atoms. The molecule has 3 heterocycles. The van der Waals surface area contributed by atoms with Crippen LogP contribution in [-0.2, 0) is 4.79 Å². The second-order valence-corrected chi connectivity index (χ2v) is 7.93. The number of benzene rings is 1. The number of aryl methyl sites for hydroxylation is 3. The molecule has 8 nitrogen and oxygen atoms in total. The fourth-order valence-corrected chi connectivity index (χ4v) is 3.90. The third-order valence-corrected chi connectivity index (χ3v) is 5.46. The molecule has 2 amide bonds. The summed E-state index contributed by atoms with van der Waals surface area (Å²) in [5.74, 6) is -0.445. The highest BCUT2D eigenvalue weighted by Gasteiger charge is 2.33. The van der Waals surface area contributed by atoms with Crippen LogP contribution in [0.3, 0.4) is 0 Å². The second-order valence-electron chi connectivity index (χ2n) is 7.93. The highest BCUT2D eigenvalue weighted by molar-refractivity contribution is 6.00. The van der Waals surface area contributed by atoms with Crippen molar-refractivity contribution in [2.24, 2.45) is 0 Å². The molecule has 0 radical (unpaired) electrons. The molecule has 0 unspecified atom stereocenters. The summed E-state index contributed by atoms with van der Waals surface area (Å²) in [6.45, 7) is 6.31. The minimum absolute atomic E-state index is 0.188. The van der Waals surface area contributed by atoms with E-state index in [0.717, 1.165) is 35.6 Å². The van der Waals surface area contributed by atoms with Crippen LogP contribution in [0.1, 0.15) is 46.8 Å². The van der Waals surface area contributed by atoms with Gasteiger partial charge in [-0.2, -0.15) is 5.10 Å². The van der Waals surface area contributed by atoms with Gasteiger partial charge in [0.2, 0.25) is 5.91 Å². The first kappa shape index (κ1) is 20.7. The molecular formula is C23H26N6O2. The predicted molar refractivity (Wildman–Crippen MR) is 117 cm³/mol. The molecule has 0 saturated carbocycles. The fraction of sp³-hybridized carbons (Fsp3) is 0.348. The van der Waals surface area contributed by atoms with E-state index in [9.17, 15) is 9.59 Å². The third kappa shape index (κ3) is 4.47. The molecule has 3 aromatic rings. The van der Waals surface area contributed by atoms with Crippen molar-refractivity contribution in [2.45, 2.75) is 46.1 Å². The highest BCUT2D eigenvalue weighted by atomic mass is 16.2. The average Bonchev–Trinajstić information content (AvgIpc) is 3.12. The van der Waals surface area contributed by atoms with Gasteiger partial charge in [-0.3, -0.25) is 14.6 Å². The first-order chi connectivity index (χ1) is 14.9. The van der Waals surface area contributed by atoms with E-state index in [1.165, 1.54) is 6.20 Å². The Bertz CT molecular complexity index is 1090. The van der Waals surface area contributed by atoms with Gasteiger partial charge in [0, 0.05) is 24.1 Å². The predicted octanol–water partition coefficient (Wildman–Crippen LogP) is 3.22. The molecule has 1 aliphatic heterocycles. The molecule has 160 valence electrons. The number of amides is 2. The first-order valence-corrected chi connectivity index (χ1v) is 10.5. The van der Waals surface area contributed by atoms with Crippen LogP contribution in [0.25, 0.3) is 5.69 Å². The lowest BCUT2D eigenvalue weighted by atomic mass is 10.0. The molecule has 1 atom stereocenters. The van der Waals surface area contributed by atoms with Crippen molar-refractivity contribution in [1.29, 1.82) is 0 Å². The molecular weight excluding hydrogens is 392 g/mol. The normalized spacial score (nSPS) is 16.2. The number of hydrogen-bond acceptors (Lipinski definition) is 5. The number of likely N-dealkylation sites (tertiary alicyclic amines) is 1. The molecule has 0 spiro atoms. The Labute approximate surface area is 181 Å². The smallest absolute Gasteiger partial charge is 0.274 e. The fourth-order valence-electron chi connectivity index (χ4n) is 3.90. The quantitative estimate of drug-likeness (QED) is 0.702. The number of anilines is 1. The number of nitrogens with zero attached hydrogens (tertiary/aromatic N) is 5. The number of rotatable bonds is 4. The summed E-state index contributed by atoms with van der Waals surface area (Å²) in [4.78, 5) is 35.9. The van der Waals surface area contributed by atoms with Crippen molar-refractivity contribution >= 4 is 17.5 Å². The maximum atomic E-state index is 13.0.